The molecule has 4 aromatic rings. The van der Waals surface area contributed by atoms with Gasteiger partial charge in [-0.1, -0.05) is 54.1 Å². The van der Waals surface area contributed by atoms with Crippen molar-refractivity contribution in [2.75, 3.05) is 42.9 Å². The van der Waals surface area contributed by atoms with Crippen molar-refractivity contribution in [3.8, 4) is 0 Å². The minimum Gasteiger partial charge on any atom is -0.369 e. The van der Waals surface area contributed by atoms with E-state index in [0.29, 0.717) is 37.1 Å². The van der Waals surface area contributed by atoms with Gasteiger partial charge >= 0.3 is 0 Å². The summed E-state index contributed by atoms with van der Waals surface area (Å²) >= 11 is 5.92. The van der Waals surface area contributed by atoms with E-state index in [1.807, 2.05) is 47.4 Å². The van der Waals surface area contributed by atoms with Crippen molar-refractivity contribution in [3.63, 3.8) is 0 Å². The number of hydrogen-bond donors (Lipinski definition) is 1. The van der Waals surface area contributed by atoms with Crippen LogP contribution in [0.2, 0.25) is 5.02 Å². The standard InChI is InChI=1S/C26H26ClN5O2S/c27-21-10-12-22(13-11-21)35(33,34)32-18-16-31(17-19-32)26-29-24-9-5-4-8-23(24)25(30-26)28-15-14-20-6-2-1-3-7-20/h1-13H,14-19H2,(H,28,29,30). The minimum absolute atomic E-state index is 0.252. The quantitative estimate of drug-likeness (QED) is 0.398. The summed E-state index contributed by atoms with van der Waals surface area (Å²) in [5.41, 5.74) is 2.12. The molecule has 0 bridgehead atoms. The third-order valence-electron chi connectivity index (χ3n) is 6.11. The lowest BCUT2D eigenvalue weighted by Gasteiger charge is -2.34. The lowest BCUT2D eigenvalue weighted by molar-refractivity contribution is 0.382. The van der Waals surface area contributed by atoms with Gasteiger partial charge in [0.2, 0.25) is 16.0 Å². The van der Waals surface area contributed by atoms with Crippen LogP contribution in [0.15, 0.2) is 83.8 Å². The van der Waals surface area contributed by atoms with Gasteiger partial charge < -0.3 is 10.2 Å². The normalized spacial score (nSPS) is 14.8. The molecule has 0 unspecified atom stereocenters. The number of fused-ring (bicyclic) bond motifs is 1. The number of hydrogen-bond acceptors (Lipinski definition) is 6. The Hall–Kier alpha value is -3.20. The molecular formula is C26H26ClN5O2S. The van der Waals surface area contributed by atoms with Gasteiger partial charge in [-0.05, 0) is 48.4 Å². The van der Waals surface area contributed by atoms with Crippen molar-refractivity contribution < 1.29 is 8.42 Å². The smallest absolute Gasteiger partial charge is 0.243 e. The Morgan fingerprint density at radius 1 is 0.829 bits per heavy atom. The Balaban J connectivity index is 1.31. The number of piperazine rings is 1. The maximum atomic E-state index is 13.0. The SMILES string of the molecule is O=S(=O)(c1ccc(Cl)cc1)N1CCN(c2nc(NCCc3ccccc3)c3ccccc3n2)CC1. The highest BCUT2D eigenvalue weighted by molar-refractivity contribution is 7.89. The van der Waals surface area contributed by atoms with Gasteiger partial charge in [-0.15, -0.1) is 0 Å². The Bertz CT molecular complexity index is 1410. The van der Waals surface area contributed by atoms with Crippen LogP contribution in [0, 0.1) is 0 Å². The molecule has 2 heterocycles. The van der Waals surface area contributed by atoms with Gasteiger partial charge in [0, 0.05) is 43.1 Å². The zero-order valence-electron chi connectivity index (χ0n) is 19.1. The molecule has 0 amide bonds. The first-order valence-electron chi connectivity index (χ1n) is 11.6. The average Bonchev–Trinajstić information content (AvgIpc) is 2.89. The van der Waals surface area contributed by atoms with Gasteiger partial charge in [-0.3, -0.25) is 0 Å². The maximum absolute atomic E-state index is 13.0. The fraction of sp³-hybridized carbons (Fsp3) is 0.231. The second-order valence-electron chi connectivity index (χ2n) is 8.40. The van der Waals surface area contributed by atoms with E-state index >= 15 is 0 Å². The van der Waals surface area contributed by atoms with Crippen LogP contribution in [0.5, 0.6) is 0 Å². The highest BCUT2D eigenvalue weighted by Gasteiger charge is 2.29. The van der Waals surface area contributed by atoms with Crippen LogP contribution >= 0.6 is 11.6 Å². The van der Waals surface area contributed by atoms with E-state index in [2.05, 4.69) is 17.4 Å². The van der Waals surface area contributed by atoms with Crippen molar-refractivity contribution >= 4 is 44.3 Å². The average molecular weight is 508 g/mol. The van der Waals surface area contributed by atoms with Gasteiger partial charge in [0.1, 0.15) is 5.82 Å². The van der Waals surface area contributed by atoms with E-state index in [-0.39, 0.29) is 4.90 Å². The predicted octanol–water partition coefficient (Wildman–Crippen LogP) is 4.45. The van der Waals surface area contributed by atoms with Crippen LogP contribution in [0.3, 0.4) is 0 Å². The summed E-state index contributed by atoms with van der Waals surface area (Å²) in [6.45, 7) is 2.48. The molecule has 5 rings (SSSR count). The minimum atomic E-state index is -3.57. The third-order valence-corrected chi connectivity index (χ3v) is 8.28. The molecule has 180 valence electrons. The van der Waals surface area contributed by atoms with Gasteiger partial charge in [-0.2, -0.15) is 9.29 Å². The molecule has 0 atom stereocenters. The molecule has 9 heteroatoms. The number of para-hydroxylation sites is 1. The van der Waals surface area contributed by atoms with Crippen molar-refractivity contribution in [2.45, 2.75) is 11.3 Å². The molecule has 1 fully saturated rings. The molecule has 1 aliphatic heterocycles. The van der Waals surface area contributed by atoms with Gasteiger partial charge in [0.05, 0.1) is 10.4 Å². The Kier molecular flexibility index (Phi) is 6.86. The number of sulfonamides is 1. The number of anilines is 2. The molecule has 1 aromatic heterocycles. The summed E-state index contributed by atoms with van der Waals surface area (Å²) in [6.07, 6.45) is 0.885. The molecule has 7 nitrogen and oxygen atoms in total. The van der Waals surface area contributed by atoms with Crippen LogP contribution < -0.4 is 10.2 Å². The van der Waals surface area contributed by atoms with E-state index in [1.165, 1.54) is 9.87 Å². The number of rotatable bonds is 7. The maximum Gasteiger partial charge on any atom is 0.243 e. The number of nitrogens with zero attached hydrogens (tertiary/aromatic N) is 4. The third kappa shape index (κ3) is 5.24. The highest BCUT2D eigenvalue weighted by atomic mass is 35.5. The molecule has 35 heavy (non-hydrogen) atoms. The number of nitrogens with one attached hydrogen (secondary N) is 1. The largest absolute Gasteiger partial charge is 0.369 e. The van der Waals surface area contributed by atoms with Gasteiger partial charge in [0.15, 0.2) is 0 Å². The van der Waals surface area contributed by atoms with Crippen molar-refractivity contribution in [2.24, 2.45) is 0 Å². The summed E-state index contributed by atoms with van der Waals surface area (Å²) in [4.78, 5) is 11.9. The lowest BCUT2D eigenvalue weighted by atomic mass is 10.1. The van der Waals surface area contributed by atoms with Gasteiger partial charge in [0.25, 0.3) is 0 Å². The Labute approximate surface area is 210 Å². The lowest BCUT2D eigenvalue weighted by Crippen LogP contribution is -2.49. The molecule has 0 aliphatic carbocycles. The fourth-order valence-electron chi connectivity index (χ4n) is 4.19. The topological polar surface area (TPSA) is 78.4 Å². The van der Waals surface area contributed by atoms with Crippen molar-refractivity contribution in [1.82, 2.24) is 14.3 Å². The van der Waals surface area contributed by atoms with E-state index in [9.17, 15) is 8.42 Å². The van der Waals surface area contributed by atoms with Crippen LogP contribution in [0.4, 0.5) is 11.8 Å². The molecule has 0 radical (unpaired) electrons. The first-order chi connectivity index (χ1) is 17.0. The summed E-state index contributed by atoms with van der Waals surface area (Å²) in [6, 6.07) is 24.5. The van der Waals surface area contributed by atoms with Crippen LogP contribution in [-0.4, -0.2) is 55.4 Å². The van der Waals surface area contributed by atoms with Crippen LogP contribution in [0.1, 0.15) is 5.56 Å². The van der Waals surface area contributed by atoms with Crippen LogP contribution in [-0.2, 0) is 16.4 Å². The first-order valence-corrected chi connectivity index (χ1v) is 13.4. The molecule has 1 N–H and O–H groups in total. The number of halogens is 1. The summed E-state index contributed by atoms with van der Waals surface area (Å²) in [5.74, 6) is 1.40. The first kappa shape index (κ1) is 23.5. The van der Waals surface area contributed by atoms with E-state index in [0.717, 1.165) is 29.7 Å². The molecule has 0 spiro atoms. The summed E-state index contributed by atoms with van der Waals surface area (Å²) in [5, 5.41) is 4.96. The second-order valence-corrected chi connectivity index (χ2v) is 10.8. The Morgan fingerprint density at radius 3 is 2.26 bits per heavy atom. The molecular weight excluding hydrogens is 482 g/mol. The molecule has 3 aromatic carbocycles. The monoisotopic (exact) mass is 507 g/mol. The number of aromatic nitrogens is 2. The second kappa shape index (κ2) is 10.2. The van der Waals surface area contributed by atoms with Gasteiger partial charge in [-0.25, -0.2) is 13.4 Å². The highest BCUT2D eigenvalue weighted by Crippen LogP contribution is 2.25. The molecule has 0 saturated carbocycles. The molecule has 1 aliphatic rings. The number of benzene rings is 3. The predicted molar refractivity (Wildman–Crippen MR) is 141 cm³/mol. The zero-order valence-corrected chi connectivity index (χ0v) is 20.7. The van der Waals surface area contributed by atoms with E-state index in [1.54, 1.807) is 24.3 Å². The summed E-state index contributed by atoms with van der Waals surface area (Å²) < 4.78 is 27.6. The fourth-order valence-corrected chi connectivity index (χ4v) is 5.74. The Morgan fingerprint density at radius 2 is 1.51 bits per heavy atom. The zero-order chi connectivity index (χ0) is 24.3. The summed E-state index contributed by atoms with van der Waals surface area (Å²) in [7, 11) is -3.57. The van der Waals surface area contributed by atoms with Crippen molar-refractivity contribution in [1.29, 1.82) is 0 Å². The van der Waals surface area contributed by atoms with Crippen molar-refractivity contribution in [3.05, 3.63) is 89.4 Å². The molecule has 1 saturated heterocycles. The van der Waals surface area contributed by atoms with E-state index in [4.69, 9.17) is 21.6 Å². The van der Waals surface area contributed by atoms with E-state index < -0.39 is 10.0 Å². The van der Waals surface area contributed by atoms with Crippen LogP contribution in [0.25, 0.3) is 10.9 Å².